The van der Waals surface area contributed by atoms with Gasteiger partial charge in [-0.25, -0.2) is 0 Å². The average molecular weight is 309 g/mol. The second kappa shape index (κ2) is 5.85. The average Bonchev–Trinajstić information content (AvgIpc) is 2.46. The van der Waals surface area contributed by atoms with Crippen LogP contribution in [0.5, 0.6) is 5.75 Å². The van der Waals surface area contributed by atoms with Gasteiger partial charge in [0.2, 0.25) is 0 Å². The van der Waals surface area contributed by atoms with Gasteiger partial charge in [-0.05, 0) is 44.5 Å². The first-order valence-corrected chi connectivity index (χ1v) is 7.97. The molecule has 21 heavy (non-hydrogen) atoms. The Morgan fingerprint density at radius 2 is 2.14 bits per heavy atom. The summed E-state index contributed by atoms with van der Waals surface area (Å²) in [4.78, 5) is 17.1. The van der Waals surface area contributed by atoms with Gasteiger partial charge in [-0.3, -0.25) is 9.69 Å². The number of piperidine rings is 1. The lowest BCUT2D eigenvalue weighted by Gasteiger charge is -2.47. The number of aromatic hydroxyl groups is 1. The van der Waals surface area contributed by atoms with Crippen molar-refractivity contribution in [1.29, 1.82) is 0 Å². The molecule has 114 valence electrons. The third-order valence-corrected chi connectivity index (χ3v) is 4.87. The van der Waals surface area contributed by atoms with Gasteiger partial charge in [0, 0.05) is 30.2 Å². The molecule has 0 spiro atoms. The number of hydrogen-bond acceptors (Lipinski definition) is 3. The molecular formula is C16H21ClN2O2. The zero-order valence-corrected chi connectivity index (χ0v) is 13.0. The van der Waals surface area contributed by atoms with Crippen molar-refractivity contribution in [2.45, 2.75) is 38.3 Å². The van der Waals surface area contributed by atoms with Gasteiger partial charge < -0.3 is 10.0 Å². The van der Waals surface area contributed by atoms with Crippen molar-refractivity contribution in [3.05, 3.63) is 28.8 Å². The summed E-state index contributed by atoms with van der Waals surface area (Å²) in [6.07, 6.45) is 3.65. The van der Waals surface area contributed by atoms with Crippen molar-refractivity contribution in [2.24, 2.45) is 0 Å². The van der Waals surface area contributed by atoms with E-state index < -0.39 is 0 Å². The van der Waals surface area contributed by atoms with Crippen LogP contribution in [0.2, 0.25) is 5.02 Å². The van der Waals surface area contributed by atoms with E-state index in [1.807, 2.05) is 4.90 Å². The highest BCUT2D eigenvalue weighted by Gasteiger charge is 2.36. The van der Waals surface area contributed by atoms with Crippen LogP contribution in [-0.2, 0) is 0 Å². The molecule has 2 atom stereocenters. The normalized spacial score (nSPS) is 26.5. The van der Waals surface area contributed by atoms with Gasteiger partial charge in [0.05, 0.1) is 5.56 Å². The Hall–Kier alpha value is -1.26. The SMILES string of the molecule is CC1CN2CCCCC2CN1C(=O)c1ccc(Cl)cc1O. The number of halogens is 1. The first-order chi connectivity index (χ1) is 10.1. The lowest BCUT2D eigenvalue weighted by atomic mass is 9.96. The minimum Gasteiger partial charge on any atom is -0.507 e. The third-order valence-electron chi connectivity index (χ3n) is 4.64. The Kier molecular flexibility index (Phi) is 4.09. The molecule has 1 aromatic rings. The molecule has 1 aromatic carbocycles. The van der Waals surface area contributed by atoms with Crippen LogP contribution in [0.15, 0.2) is 18.2 Å². The van der Waals surface area contributed by atoms with Gasteiger partial charge in [0.15, 0.2) is 0 Å². The Bertz CT molecular complexity index is 549. The van der Waals surface area contributed by atoms with Crippen molar-refractivity contribution >= 4 is 17.5 Å². The van der Waals surface area contributed by atoms with Gasteiger partial charge in [-0.1, -0.05) is 18.0 Å². The minimum absolute atomic E-state index is 0.0363. The Labute approximate surface area is 130 Å². The summed E-state index contributed by atoms with van der Waals surface area (Å²) < 4.78 is 0. The quantitative estimate of drug-likeness (QED) is 0.867. The van der Waals surface area contributed by atoms with Gasteiger partial charge in [0.25, 0.3) is 5.91 Å². The molecule has 2 fully saturated rings. The standard InChI is InChI=1S/C16H21ClN2O2/c1-11-9-18-7-3-2-4-13(18)10-19(11)16(21)14-6-5-12(17)8-15(14)20/h5-6,8,11,13,20H,2-4,7,9-10H2,1H3. The van der Waals surface area contributed by atoms with E-state index in [1.54, 1.807) is 12.1 Å². The summed E-state index contributed by atoms with van der Waals surface area (Å²) in [5.74, 6) is -0.132. The van der Waals surface area contributed by atoms with Crippen LogP contribution in [0.4, 0.5) is 0 Å². The highest BCUT2D eigenvalue weighted by atomic mass is 35.5. The molecule has 2 saturated heterocycles. The van der Waals surface area contributed by atoms with Crippen LogP contribution in [0.25, 0.3) is 0 Å². The van der Waals surface area contributed by atoms with E-state index in [1.165, 1.54) is 18.9 Å². The van der Waals surface area contributed by atoms with Crippen LogP contribution in [0, 0.1) is 0 Å². The van der Waals surface area contributed by atoms with Crippen molar-refractivity contribution in [1.82, 2.24) is 9.80 Å². The summed E-state index contributed by atoms with van der Waals surface area (Å²) in [6.45, 7) is 4.89. The van der Waals surface area contributed by atoms with Gasteiger partial charge in [-0.2, -0.15) is 0 Å². The highest BCUT2D eigenvalue weighted by molar-refractivity contribution is 6.30. The number of carbonyl (C=O) groups excluding carboxylic acids is 1. The van der Waals surface area contributed by atoms with E-state index in [0.29, 0.717) is 16.6 Å². The summed E-state index contributed by atoms with van der Waals surface area (Å²) in [7, 11) is 0. The second-order valence-corrected chi connectivity index (χ2v) is 6.55. The topological polar surface area (TPSA) is 43.8 Å². The molecule has 2 aliphatic rings. The molecule has 0 bridgehead atoms. The van der Waals surface area contributed by atoms with E-state index in [4.69, 9.17) is 11.6 Å². The number of amides is 1. The Balaban J connectivity index is 1.80. The minimum atomic E-state index is -0.0955. The molecule has 0 saturated carbocycles. The van der Waals surface area contributed by atoms with Crippen molar-refractivity contribution in [3.63, 3.8) is 0 Å². The smallest absolute Gasteiger partial charge is 0.257 e. The monoisotopic (exact) mass is 308 g/mol. The van der Waals surface area contributed by atoms with Crippen LogP contribution in [0.3, 0.4) is 0 Å². The first kappa shape index (κ1) is 14.7. The molecule has 3 rings (SSSR count). The number of rotatable bonds is 1. The van der Waals surface area contributed by atoms with Crippen LogP contribution >= 0.6 is 11.6 Å². The molecule has 2 heterocycles. The molecule has 1 amide bonds. The van der Waals surface area contributed by atoms with Crippen molar-refractivity contribution in [3.8, 4) is 5.75 Å². The molecule has 0 radical (unpaired) electrons. The zero-order valence-electron chi connectivity index (χ0n) is 12.3. The fraction of sp³-hybridized carbons (Fsp3) is 0.562. The van der Waals surface area contributed by atoms with Crippen molar-refractivity contribution in [2.75, 3.05) is 19.6 Å². The number of carbonyl (C=O) groups is 1. The Morgan fingerprint density at radius 3 is 2.90 bits per heavy atom. The number of phenols is 1. The molecule has 0 aromatic heterocycles. The summed E-state index contributed by atoms with van der Waals surface area (Å²) in [5, 5.41) is 10.4. The zero-order chi connectivity index (χ0) is 15.0. The predicted octanol–water partition coefficient (Wildman–Crippen LogP) is 2.74. The first-order valence-electron chi connectivity index (χ1n) is 7.60. The number of piperazine rings is 1. The largest absolute Gasteiger partial charge is 0.507 e. The van der Waals surface area contributed by atoms with E-state index >= 15 is 0 Å². The van der Waals surface area contributed by atoms with Crippen molar-refractivity contribution < 1.29 is 9.90 Å². The molecular weight excluding hydrogens is 288 g/mol. The molecule has 5 heteroatoms. The lowest BCUT2D eigenvalue weighted by molar-refractivity contribution is 0.0150. The predicted molar refractivity (Wildman–Crippen MR) is 82.8 cm³/mol. The number of phenolic OH excluding ortho intramolecular Hbond substituents is 1. The van der Waals surface area contributed by atoms with Gasteiger partial charge in [0.1, 0.15) is 5.75 Å². The van der Waals surface area contributed by atoms with E-state index in [-0.39, 0.29) is 17.7 Å². The molecule has 2 unspecified atom stereocenters. The van der Waals surface area contributed by atoms with E-state index in [0.717, 1.165) is 26.1 Å². The van der Waals surface area contributed by atoms with Gasteiger partial charge >= 0.3 is 0 Å². The number of nitrogens with zero attached hydrogens (tertiary/aromatic N) is 2. The fourth-order valence-electron chi connectivity index (χ4n) is 3.48. The number of hydrogen-bond donors (Lipinski definition) is 1. The van der Waals surface area contributed by atoms with E-state index in [9.17, 15) is 9.90 Å². The highest BCUT2D eigenvalue weighted by Crippen LogP contribution is 2.28. The Morgan fingerprint density at radius 1 is 1.33 bits per heavy atom. The lowest BCUT2D eigenvalue weighted by Crippen LogP contribution is -2.60. The summed E-state index contributed by atoms with van der Waals surface area (Å²) in [6, 6.07) is 5.32. The molecule has 4 nitrogen and oxygen atoms in total. The van der Waals surface area contributed by atoms with Crippen LogP contribution < -0.4 is 0 Å². The summed E-state index contributed by atoms with van der Waals surface area (Å²) >= 11 is 5.84. The summed E-state index contributed by atoms with van der Waals surface area (Å²) in [5.41, 5.74) is 0.343. The fourth-order valence-corrected chi connectivity index (χ4v) is 3.64. The maximum atomic E-state index is 12.7. The molecule has 1 N–H and O–H groups in total. The van der Waals surface area contributed by atoms with E-state index in [2.05, 4.69) is 11.8 Å². The van der Waals surface area contributed by atoms with Gasteiger partial charge in [-0.15, -0.1) is 0 Å². The third kappa shape index (κ3) is 2.87. The molecule has 2 aliphatic heterocycles. The second-order valence-electron chi connectivity index (χ2n) is 6.11. The van der Waals surface area contributed by atoms with Crippen LogP contribution in [0.1, 0.15) is 36.5 Å². The molecule has 0 aliphatic carbocycles. The number of benzene rings is 1. The maximum absolute atomic E-state index is 12.7. The number of fused-ring (bicyclic) bond motifs is 1. The van der Waals surface area contributed by atoms with Crippen LogP contribution in [-0.4, -0.2) is 52.5 Å². The maximum Gasteiger partial charge on any atom is 0.257 e.